The van der Waals surface area contributed by atoms with Crippen LogP contribution in [0.15, 0.2) is 24.3 Å². The third-order valence-electron chi connectivity index (χ3n) is 3.55. The third kappa shape index (κ3) is 3.69. The predicted octanol–water partition coefficient (Wildman–Crippen LogP) is 3.12. The Labute approximate surface area is 130 Å². The molecule has 1 fully saturated rings. The van der Waals surface area contributed by atoms with Crippen molar-refractivity contribution in [2.75, 3.05) is 5.32 Å². The van der Waals surface area contributed by atoms with Crippen LogP contribution in [0.2, 0.25) is 0 Å². The summed E-state index contributed by atoms with van der Waals surface area (Å²) in [7, 11) is 0. The van der Waals surface area contributed by atoms with Gasteiger partial charge in [-0.3, -0.25) is 9.48 Å². The number of halogens is 3. The molecule has 0 aromatic carbocycles. The summed E-state index contributed by atoms with van der Waals surface area (Å²) >= 11 is 0. The molecule has 2 aromatic heterocycles. The zero-order chi connectivity index (χ0) is 16.6. The average Bonchev–Trinajstić information content (AvgIpc) is 3.19. The highest BCUT2D eigenvalue weighted by Crippen LogP contribution is 2.42. The van der Waals surface area contributed by atoms with Crippen LogP contribution in [0.4, 0.5) is 19.0 Å². The zero-order valence-electron chi connectivity index (χ0n) is 12.4. The van der Waals surface area contributed by atoms with Crippen LogP contribution >= 0.6 is 0 Å². The van der Waals surface area contributed by atoms with E-state index in [9.17, 15) is 18.0 Å². The number of anilines is 1. The minimum absolute atomic E-state index is 0.0588. The van der Waals surface area contributed by atoms with Gasteiger partial charge in [0, 0.05) is 17.3 Å². The van der Waals surface area contributed by atoms with Gasteiger partial charge in [0.15, 0.2) is 5.69 Å². The number of aryl methyl sites for hydroxylation is 1. The van der Waals surface area contributed by atoms with Gasteiger partial charge in [0.05, 0.1) is 0 Å². The normalized spacial score (nSPS) is 14.8. The van der Waals surface area contributed by atoms with Crippen LogP contribution in [0.25, 0.3) is 0 Å². The van der Waals surface area contributed by atoms with E-state index in [2.05, 4.69) is 15.4 Å². The molecule has 8 heteroatoms. The first-order chi connectivity index (χ1) is 10.8. The lowest BCUT2D eigenvalue weighted by Crippen LogP contribution is -2.21. The van der Waals surface area contributed by atoms with Crippen LogP contribution in [0.3, 0.4) is 0 Å². The van der Waals surface area contributed by atoms with Crippen LogP contribution in [-0.4, -0.2) is 20.7 Å². The van der Waals surface area contributed by atoms with Gasteiger partial charge < -0.3 is 5.32 Å². The highest BCUT2D eigenvalue weighted by Gasteiger charge is 2.38. The molecule has 1 aliphatic rings. The SMILES string of the molecule is Cc1cccc(NC(=O)Cn2nc(C(F)(F)F)cc2C2CC2)n1. The van der Waals surface area contributed by atoms with Crippen molar-refractivity contribution in [1.29, 1.82) is 0 Å². The largest absolute Gasteiger partial charge is 0.435 e. The standard InChI is InChI=1S/C15H15F3N4O/c1-9-3-2-4-13(19-9)20-14(23)8-22-11(10-5-6-10)7-12(21-22)15(16,17)18/h2-4,7,10H,5-6,8H2,1H3,(H,19,20,23). The maximum atomic E-state index is 12.8. The quantitative estimate of drug-likeness (QED) is 0.940. The van der Waals surface area contributed by atoms with Crippen molar-refractivity contribution >= 4 is 11.7 Å². The van der Waals surface area contributed by atoms with E-state index in [4.69, 9.17) is 0 Å². The van der Waals surface area contributed by atoms with Crippen LogP contribution in [0, 0.1) is 6.92 Å². The van der Waals surface area contributed by atoms with Gasteiger partial charge >= 0.3 is 6.18 Å². The smallest absolute Gasteiger partial charge is 0.309 e. The van der Waals surface area contributed by atoms with Crippen LogP contribution in [-0.2, 0) is 17.5 Å². The van der Waals surface area contributed by atoms with Crippen molar-refractivity contribution in [3.8, 4) is 0 Å². The highest BCUT2D eigenvalue weighted by molar-refractivity contribution is 5.89. The first kappa shape index (κ1) is 15.5. The van der Waals surface area contributed by atoms with E-state index < -0.39 is 17.8 Å². The molecule has 1 aliphatic carbocycles. The molecule has 0 saturated heterocycles. The van der Waals surface area contributed by atoms with Crippen molar-refractivity contribution in [2.45, 2.75) is 38.4 Å². The van der Waals surface area contributed by atoms with Crippen LogP contribution < -0.4 is 5.32 Å². The number of carbonyl (C=O) groups excluding carboxylic acids is 1. The molecule has 3 rings (SSSR count). The molecule has 0 bridgehead atoms. The minimum atomic E-state index is -4.51. The number of pyridine rings is 1. The van der Waals surface area contributed by atoms with Crippen molar-refractivity contribution in [3.05, 3.63) is 41.3 Å². The number of nitrogens with zero attached hydrogens (tertiary/aromatic N) is 3. The second-order valence-corrected chi connectivity index (χ2v) is 5.60. The molecule has 1 N–H and O–H groups in total. The van der Waals surface area contributed by atoms with Gasteiger partial charge in [-0.15, -0.1) is 0 Å². The van der Waals surface area contributed by atoms with Crippen molar-refractivity contribution in [3.63, 3.8) is 0 Å². The lowest BCUT2D eigenvalue weighted by molar-refractivity contribution is -0.141. The van der Waals surface area contributed by atoms with E-state index in [1.807, 2.05) is 0 Å². The van der Waals surface area contributed by atoms with Crippen molar-refractivity contribution in [1.82, 2.24) is 14.8 Å². The summed E-state index contributed by atoms with van der Waals surface area (Å²) in [4.78, 5) is 16.2. The second kappa shape index (κ2) is 5.68. The van der Waals surface area contributed by atoms with Gasteiger partial charge in [-0.25, -0.2) is 4.98 Å². The summed E-state index contributed by atoms with van der Waals surface area (Å²) in [5, 5.41) is 6.13. The molecule has 1 amide bonds. The number of rotatable bonds is 4. The van der Waals surface area contributed by atoms with Crippen molar-refractivity contribution in [2.24, 2.45) is 0 Å². The Morgan fingerprint density at radius 2 is 2.13 bits per heavy atom. The molecule has 0 unspecified atom stereocenters. The van der Waals surface area contributed by atoms with E-state index >= 15 is 0 Å². The molecular weight excluding hydrogens is 309 g/mol. The summed E-state index contributed by atoms with van der Waals surface area (Å²) in [6, 6.07) is 6.18. The molecule has 122 valence electrons. The number of hydrogen-bond donors (Lipinski definition) is 1. The Morgan fingerprint density at radius 1 is 1.39 bits per heavy atom. The lowest BCUT2D eigenvalue weighted by Gasteiger charge is -2.08. The lowest BCUT2D eigenvalue weighted by atomic mass is 10.2. The van der Waals surface area contributed by atoms with E-state index in [1.54, 1.807) is 25.1 Å². The molecular formula is C15H15F3N4O. The first-order valence-electron chi connectivity index (χ1n) is 7.21. The Morgan fingerprint density at radius 3 is 2.74 bits per heavy atom. The molecule has 0 spiro atoms. The van der Waals surface area contributed by atoms with E-state index in [0.717, 1.165) is 29.3 Å². The minimum Gasteiger partial charge on any atom is -0.309 e. The van der Waals surface area contributed by atoms with Gasteiger partial charge in [-0.05, 0) is 38.0 Å². The summed E-state index contributed by atoms with van der Waals surface area (Å²) in [5.74, 6) is -0.0310. The molecule has 0 radical (unpaired) electrons. The van der Waals surface area contributed by atoms with Crippen LogP contribution in [0.5, 0.6) is 0 Å². The van der Waals surface area contributed by atoms with Gasteiger partial charge in [-0.1, -0.05) is 6.07 Å². The molecule has 23 heavy (non-hydrogen) atoms. The van der Waals surface area contributed by atoms with Gasteiger partial charge in [-0.2, -0.15) is 18.3 Å². The number of nitrogens with one attached hydrogen (secondary N) is 1. The monoisotopic (exact) mass is 324 g/mol. The van der Waals surface area contributed by atoms with E-state index in [1.165, 1.54) is 0 Å². The molecule has 1 saturated carbocycles. The van der Waals surface area contributed by atoms with E-state index in [0.29, 0.717) is 11.5 Å². The fraction of sp³-hybridized carbons (Fsp3) is 0.400. The summed E-state index contributed by atoms with van der Waals surface area (Å²) < 4.78 is 39.6. The number of alkyl halides is 3. The molecule has 2 heterocycles. The van der Waals surface area contributed by atoms with Crippen molar-refractivity contribution < 1.29 is 18.0 Å². The topological polar surface area (TPSA) is 59.8 Å². The molecule has 2 aromatic rings. The number of amides is 1. The molecule has 5 nitrogen and oxygen atoms in total. The van der Waals surface area contributed by atoms with Gasteiger partial charge in [0.25, 0.3) is 0 Å². The predicted molar refractivity (Wildman–Crippen MR) is 76.8 cm³/mol. The summed E-state index contributed by atoms with van der Waals surface area (Å²) in [6.45, 7) is 1.52. The Bertz CT molecular complexity index is 735. The number of aromatic nitrogens is 3. The third-order valence-corrected chi connectivity index (χ3v) is 3.55. The highest BCUT2D eigenvalue weighted by atomic mass is 19.4. The Kier molecular flexibility index (Phi) is 3.83. The maximum absolute atomic E-state index is 12.8. The molecule has 0 aliphatic heterocycles. The fourth-order valence-electron chi connectivity index (χ4n) is 2.34. The van der Waals surface area contributed by atoms with Crippen LogP contribution in [0.1, 0.15) is 35.8 Å². The average molecular weight is 324 g/mol. The fourth-order valence-corrected chi connectivity index (χ4v) is 2.34. The Balaban J connectivity index is 1.76. The number of carbonyl (C=O) groups is 1. The van der Waals surface area contributed by atoms with Gasteiger partial charge in [0.2, 0.25) is 5.91 Å². The second-order valence-electron chi connectivity index (χ2n) is 5.60. The zero-order valence-corrected chi connectivity index (χ0v) is 12.4. The first-order valence-corrected chi connectivity index (χ1v) is 7.21. The maximum Gasteiger partial charge on any atom is 0.435 e. The summed E-state index contributed by atoms with van der Waals surface area (Å²) in [5.41, 5.74) is 0.241. The van der Waals surface area contributed by atoms with E-state index in [-0.39, 0.29) is 12.5 Å². The van der Waals surface area contributed by atoms with Gasteiger partial charge in [0.1, 0.15) is 12.4 Å². The number of hydrogen-bond acceptors (Lipinski definition) is 3. The Hall–Kier alpha value is -2.38. The molecule has 0 atom stereocenters. The summed E-state index contributed by atoms with van der Waals surface area (Å²) in [6.07, 6.45) is -2.86.